The number of hydrogen-bond acceptors (Lipinski definition) is 4. The molecule has 1 aromatic carbocycles. The van der Waals surface area contributed by atoms with Crippen LogP contribution in [0.3, 0.4) is 0 Å². The topological polar surface area (TPSA) is 56.8 Å². The molecule has 0 bridgehead atoms. The van der Waals surface area contributed by atoms with E-state index in [0.29, 0.717) is 31.1 Å². The van der Waals surface area contributed by atoms with Crippen molar-refractivity contribution in [2.24, 2.45) is 0 Å². The molecule has 0 aliphatic rings. The predicted octanol–water partition coefficient (Wildman–Crippen LogP) is 2.13. The molecule has 0 heterocycles. The van der Waals surface area contributed by atoms with Crippen LogP contribution in [0.25, 0.3) is 0 Å². The molecule has 0 aromatic heterocycles. The molecule has 5 heteroatoms. The van der Waals surface area contributed by atoms with Crippen molar-refractivity contribution >= 4 is 5.91 Å². The summed E-state index contributed by atoms with van der Waals surface area (Å²) in [5.74, 6) is 0.525. The molecule has 0 saturated carbocycles. The van der Waals surface area contributed by atoms with Crippen LogP contribution in [0.4, 0.5) is 0 Å². The average molecular weight is 281 g/mol. The summed E-state index contributed by atoms with van der Waals surface area (Å²) >= 11 is 0. The highest BCUT2D eigenvalue weighted by molar-refractivity contribution is 5.94. The average Bonchev–Trinajstić information content (AvgIpc) is 2.45. The highest BCUT2D eigenvalue weighted by Crippen LogP contribution is 2.18. The molecule has 0 radical (unpaired) electrons. The van der Waals surface area contributed by atoms with Crippen LogP contribution in [0.5, 0.6) is 5.75 Å². The van der Waals surface area contributed by atoms with Crippen molar-refractivity contribution in [2.45, 2.75) is 27.1 Å². The van der Waals surface area contributed by atoms with Crippen molar-refractivity contribution < 1.29 is 19.0 Å². The van der Waals surface area contributed by atoms with Gasteiger partial charge in [-0.25, -0.2) is 0 Å². The third-order valence-corrected chi connectivity index (χ3v) is 2.80. The van der Waals surface area contributed by atoms with Crippen molar-refractivity contribution in [3.8, 4) is 5.75 Å². The van der Waals surface area contributed by atoms with Gasteiger partial charge in [0, 0.05) is 18.8 Å². The largest absolute Gasteiger partial charge is 0.496 e. The molecule has 0 spiro atoms. The Morgan fingerprint density at radius 3 is 2.45 bits per heavy atom. The van der Waals surface area contributed by atoms with Crippen LogP contribution in [0, 0.1) is 6.92 Å². The lowest BCUT2D eigenvalue weighted by Gasteiger charge is -2.17. The van der Waals surface area contributed by atoms with Gasteiger partial charge in [0.2, 0.25) is 0 Å². The number of carbonyl (C=O) groups is 1. The summed E-state index contributed by atoms with van der Waals surface area (Å²) in [6.45, 7) is 7.10. The van der Waals surface area contributed by atoms with Crippen molar-refractivity contribution in [1.29, 1.82) is 0 Å². The maximum absolute atomic E-state index is 12.1. The van der Waals surface area contributed by atoms with Crippen LogP contribution >= 0.6 is 0 Å². The first-order chi connectivity index (χ1) is 9.62. The molecule has 0 aliphatic carbocycles. The Kier molecular flexibility index (Phi) is 7.04. The smallest absolute Gasteiger partial charge is 0.251 e. The zero-order valence-electron chi connectivity index (χ0n) is 12.6. The summed E-state index contributed by atoms with van der Waals surface area (Å²) in [4.78, 5) is 12.1. The van der Waals surface area contributed by atoms with Gasteiger partial charge in [0.05, 0.1) is 13.7 Å². The third kappa shape index (κ3) is 4.83. The van der Waals surface area contributed by atoms with Gasteiger partial charge < -0.3 is 19.5 Å². The summed E-state index contributed by atoms with van der Waals surface area (Å²) in [6.07, 6.45) is -0.415. The summed E-state index contributed by atoms with van der Waals surface area (Å²) in [5, 5.41) is 2.79. The lowest BCUT2D eigenvalue weighted by molar-refractivity contribution is -0.131. The Balaban J connectivity index is 2.61. The van der Waals surface area contributed by atoms with E-state index in [4.69, 9.17) is 14.2 Å². The van der Waals surface area contributed by atoms with Crippen LogP contribution < -0.4 is 10.1 Å². The van der Waals surface area contributed by atoms with E-state index in [1.807, 2.05) is 26.8 Å². The summed E-state index contributed by atoms with van der Waals surface area (Å²) in [6, 6.07) is 5.35. The maximum atomic E-state index is 12.1. The number of carbonyl (C=O) groups excluding carboxylic acids is 1. The number of benzene rings is 1. The monoisotopic (exact) mass is 281 g/mol. The molecule has 0 aliphatic heterocycles. The van der Waals surface area contributed by atoms with Gasteiger partial charge in [0.15, 0.2) is 6.29 Å². The van der Waals surface area contributed by atoms with Gasteiger partial charge in [0.1, 0.15) is 5.75 Å². The summed E-state index contributed by atoms with van der Waals surface area (Å²) < 4.78 is 16.0. The first-order valence-electron chi connectivity index (χ1n) is 6.78. The van der Waals surface area contributed by atoms with E-state index in [1.165, 1.54) is 0 Å². The molecule has 20 heavy (non-hydrogen) atoms. The van der Waals surface area contributed by atoms with Crippen LogP contribution in [0.2, 0.25) is 0 Å². The fourth-order valence-corrected chi connectivity index (χ4v) is 1.78. The van der Waals surface area contributed by atoms with E-state index >= 15 is 0 Å². The highest BCUT2D eigenvalue weighted by Gasteiger charge is 2.12. The van der Waals surface area contributed by atoms with Crippen LogP contribution in [0.15, 0.2) is 18.2 Å². The number of methoxy groups -OCH3 is 1. The minimum Gasteiger partial charge on any atom is -0.496 e. The molecular weight excluding hydrogens is 258 g/mol. The van der Waals surface area contributed by atoms with E-state index < -0.39 is 6.29 Å². The predicted molar refractivity (Wildman–Crippen MR) is 77.1 cm³/mol. The SMILES string of the molecule is CCOC(CNC(=O)c1ccc(C)c(OC)c1)OCC. The third-order valence-electron chi connectivity index (χ3n) is 2.80. The summed E-state index contributed by atoms with van der Waals surface area (Å²) in [5.41, 5.74) is 1.55. The van der Waals surface area contributed by atoms with E-state index in [0.717, 1.165) is 5.56 Å². The van der Waals surface area contributed by atoms with E-state index in [2.05, 4.69) is 5.32 Å². The second-order valence-corrected chi connectivity index (χ2v) is 4.23. The Labute approximate surface area is 120 Å². The normalized spacial score (nSPS) is 10.7. The van der Waals surface area contributed by atoms with E-state index in [1.54, 1.807) is 19.2 Å². The maximum Gasteiger partial charge on any atom is 0.251 e. The van der Waals surface area contributed by atoms with Crippen molar-refractivity contribution in [3.63, 3.8) is 0 Å². The molecular formula is C15H23NO4. The minimum atomic E-state index is -0.415. The van der Waals surface area contributed by atoms with Gasteiger partial charge in [-0.05, 0) is 38.5 Å². The van der Waals surface area contributed by atoms with Crippen LogP contribution in [-0.2, 0) is 9.47 Å². The lowest BCUT2D eigenvalue weighted by atomic mass is 10.1. The van der Waals surface area contributed by atoms with Crippen molar-refractivity contribution in [2.75, 3.05) is 26.9 Å². The van der Waals surface area contributed by atoms with Crippen LogP contribution in [-0.4, -0.2) is 39.1 Å². The molecule has 0 unspecified atom stereocenters. The van der Waals surface area contributed by atoms with Gasteiger partial charge in [-0.1, -0.05) is 6.07 Å². The fourth-order valence-electron chi connectivity index (χ4n) is 1.78. The van der Waals surface area contributed by atoms with Crippen LogP contribution in [0.1, 0.15) is 29.8 Å². The van der Waals surface area contributed by atoms with Gasteiger partial charge in [0.25, 0.3) is 5.91 Å². The Morgan fingerprint density at radius 2 is 1.90 bits per heavy atom. The molecule has 5 nitrogen and oxygen atoms in total. The Hall–Kier alpha value is -1.59. The standard InChI is InChI=1S/C15H23NO4/c1-5-19-14(20-6-2)10-16-15(17)12-8-7-11(3)13(9-12)18-4/h7-9,14H,5-6,10H2,1-4H3,(H,16,17). The molecule has 1 N–H and O–H groups in total. The zero-order chi connectivity index (χ0) is 15.0. The lowest BCUT2D eigenvalue weighted by Crippen LogP contribution is -2.35. The van der Waals surface area contributed by atoms with Crippen molar-refractivity contribution in [1.82, 2.24) is 5.32 Å². The molecule has 1 amide bonds. The molecule has 0 saturated heterocycles. The van der Waals surface area contributed by atoms with E-state index in [-0.39, 0.29) is 5.91 Å². The molecule has 1 aromatic rings. The summed E-state index contributed by atoms with van der Waals surface area (Å²) in [7, 11) is 1.59. The first-order valence-corrected chi connectivity index (χ1v) is 6.78. The number of nitrogens with one attached hydrogen (secondary N) is 1. The minimum absolute atomic E-state index is 0.173. The number of ether oxygens (including phenoxy) is 3. The van der Waals surface area contributed by atoms with Gasteiger partial charge in [-0.15, -0.1) is 0 Å². The second kappa shape index (κ2) is 8.55. The molecule has 112 valence electrons. The molecule has 0 atom stereocenters. The second-order valence-electron chi connectivity index (χ2n) is 4.23. The number of aryl methyl sites for hydroxylation is 1. The number of amides is 1. The first kappa shape index (κ1) is 16.5. The van der Waals surface area contributed by atoms with Gasteiger partial charge in [-0.2, -0.15) is 0 Å². The number of rotatable bonds is 8. The van der Waals surface area contributed by atoms with Gasteiger partial charge >= 0.3 is 0 Å². The molecule has 0 fully saturated rings. The Bertz CT molecular complexity index is 428. The highest BCUT2D eigenvalue weighted by atomic mass is 16.7. The van der Waals surface area contributed by atoms with E-state index in [9.17, 15) is 4.79 Å². The quantitative estimate of drug-likeness (QED) is 0.742. The fraction of sp³-hybridized carbons (Fsp3) is 0.533. The number of hydrogen-bond donors (Lipinski definition) is 1. The Morgan fingerprint density at radius 1 is 1.25 bits per heavy atom. The van der Waals surface area contributed by atoms with Gasteiger partial charge in [-0.3, -0.25) is 4.79 Å². The molecule has 1 rings (SSSR count). The zero-order valence-corrected chi connectivity index (χ0v) is 12.6. The van der Waals surface area contributed by atoms with Crippen molar-refractivity contribution in [3.05, 3.63) is 29.3 Å².